The lowest BCUT2D eigenvalue weighted by molar-refractivity contribution is -0.430. The van der Waals surface area contributed by atoms with Crippen molar-refractivity contribution >= 4 is 11.9 Å². The van der Waals surface area contributed by atoms with Crippen molar-refractivity contribution in [2.45, 2.75) is 31.0 Å². The quantitative estimate of drug-likeness (QED) is 0.230. The number of carboxylic acids is 2. The SMILES string of the molecule is NC1C([N+](=O)[O-])=CC=C(N[C@@H](CCC(=O)O)C(=O)O)C1NO. The van der Waals surface area contributed by atoms with Crippen molar-refractivity contribution in [2.24, 2.45) is 5.73 Å². The number of carboxylic acid groups (broad SMARTS) is 2. The summed E-state index contributed by atoms with van der Waals surface area (Å²) in [4.78, 5) is 31.7. The molecular formula is C11H16N4O7. The van der Waals surface area contributed by atoms with Gasteiger partial charge in [0.1, 0.15) is 12.1 Å². The van der Waals surface area contributed by atoms with Crippen LogP contribution in [0.2, 0.25) is 0 Å². The summed E-state index contributed by atoms with van der Waals surface area (Å²) in [5.74, 6) is -2.45. The number of carbonyl (C=O) groups is 2. The second-order valence-corrected chi connectivity index (χ2v) is 4.57. The summed E-state index contributed by atoms with van der Waals surface area (Å²) < 4.78 is 0. The first kappa shape index (κ1) is 17.6. The van der Waals surface area contributed by atoms with Gasteiger partial charge in [0.2, 0.25) is 0 Å². The van der Waals surface area contributed by atoms with E-state index < -0.39 is 35.0 Å². The van der Waals surface area contributed by atoms with Gasteiger partial charge in [-0.3, -0.25) is 14.9 Å². The van der Waals surface area contributed by atoms with Gasteiger partial charge >= 0.3 is 11.9 Å². The molecule has 1 aliphatic rings. The number of aliphatic carboxylic acids is 2. The van der Waals surface area contributed by atoms with Crippen LogP contribution < -0.4 is 16.5 Å². The largest absolute Gasteiger partial charge is 0.481 e. The maximum Gasteiger partial charge on any atom is 0.326 e. The van der Waals surface area contributed by atoms with E-state index in [2.05, 4.69) is 5.32 Å². The number of nitrogens with zero attached hydrogens (tertiary/aromatic N) is 1. The van der Waals surface area contributed by atoms with Gasteiger partial charge in [-0.1, -0.05) is 0 Å². The number of rotatable bonds is 8. The standard InChI is InChI=1S/C11H16N4O7/c12-9-7(15(21)22)3-1-5(10(9)14-20)13-6(11(18)19)2-4-8(16)17/h1,3,6,9-10,13-14,20H,2,4,12H2,(H,16,17)(H,18,19)/t6-,9?,10?/m0/s1. The van der Waals surface area contributed by atoms with Crippen molar-refractivity contribution in [3.05, 3.63) is 33.7 Å². The molecule has 0 fully saturated rings. The normalized spacial score (nSPS) is 22.3. The molecule has 0 aromatic carbocycles. The lowest BCUT2D eigenvalue weighted by Crippen LogP contribution is -2.53. The fraction of sp³-hybridized carbons (Fsp3) is 0.455. The molecule has 22 heavy (non-hydrogen) atoms. The van der Waals surface area contributed by atoms with Gasteiger partial charge in [-0.15, -0.1) is 0 Å². The van der Waals surface area contributed by atoms with E-state index in [9.17, 15) is 19.7 Å². The van der Waals surface area contributed by atoms with Crippen LogP contribution >= 0.6 is 0 Å². The fourth-order valence-corrected chi connectivity index (χ4v) is 1.95. The first-order chi connectivity index (χ1) is 10.3. The molecule has 1 aliphatic carbocycles. The average molecular weight is 316 g/mol. The Morgan fingerprint density at radius 1 is 1.41 bits per heavy atom. The Morgan fingerprint density at radius 3 is 2.50 bits per heavy atom. The Hall–Kier alpha value is -2.50. The van der Waals surface area contributed by atoms with Crippen LogP contribution in [0.25, 0.3) is 0 Å². The number of hydrogen-bond acceptors (Lipinski definition) is 8. The highest BCUT2D eigenvalue weighted by Crippen LogP contribution is 2.18. The van der Waals surface area contributed by atoms with Crippen LogP contribution in [0.3, 0.4) is 0 Å². The highest BCUT2D eigenvalue weighted by atomic mass is 16.6. The van der Waals surface area contributed by atoms with E-state index in [0.29, 0.717) is 0 Å². The first-order valence-corrected chi connectivity index (χ1v) is 6.20. The second-order valence-electron chi connectivity index (χ2n) is 4.57. The summed E-state index contributed by atoms with van der Waals surface area (Å²) in [7, 11) is 0. The van der Waals surface area contributed by atoms with Crippen LogP contribution in [0.1, 0.15) is 12.8 Å². The zero-order valence-corrected chi connectivity index (χ0v) is 11.3. The molecule has 122 valence electrons. The van der Waals surface area contributed by atoms with E-state index in [0.717, 1.165) is 6.08 Å². The van der Waals surface area contributed by atoms with Gasteiger partial charge in [-0.05, 0) is 12.5 Å². The monoisotopic (exact) mass is 316 g/mol. The predicted molar refractivity (Wildman–Crippen MR) is 71.3 cm³/mol. The summed E-state index contributed by atoms with van der Waals surface area (Å²) in [6.07, 6.45) is 1.72. The van der Waals surface area contributed by atoms with Gasteiger partial charge in [-0.25, -0.2) is 4.79 Å². The topological polar surface area (TPSA) is 188 Å². The van der Waals surface area contributed by atoms with E-state index in [4.69, 9.17) is 21.2 Å². The molecule has 0 saturated carbocycles. The van der Waals surface area contributed by atoms with Crippen LogP contribution in [0.4, 0.5) is 0 Å². The highest BCUT2D eigenvalue weighted by Gasteiger charge is 2.35. The summed E-state index contributed by atoms with van der Waals surface area (Å²) in [5, 5.41) is 40.1. The van der Waals surface area contributed by atoms with Gasteiger partial charge in [0.15, 0.2) is 0 Å². The van der Waals surface area contributed by atoms with Gasteiger partial charge in [0.05, 0.1) is 11.0 Å². The highest BCUT2D eigenvalue weighted by molar-refractivity contribution is 5.75. The van der Waals surface area contributed by atoms with E-state index in [-0.39, 0.29) is 24.2 Å². The Kier molecular flexibility index (Phi) is 5.98. The minimum Gasteiger partial charge on any atom is -0.481 e. The molecule has 0 aliphatic heterocycles. The molecule has 0 amide bonds. The molecule has 1 rings (SSSR count). The Balaban J connectivity index is 2.94. The lowest BCUT2D eigenvalue weighted by atomic mass is 9.96. The molecule has 3 atom stereocenters. The maximum absolute atomic E-state index is 11.1. The van der Waals surface area contributed by atoms with Crippen LogP contribution in [0.5, 0.6) is 0 Å². The molecule has 0 saturated heterocycles. The molecule has 11 nitrogen and oxygen atoms in total. The van der Waals surface area contributed by atoms with Crippen LogP contribution in [-0.4, -0.2) is 50.4 Å². The van der Waals surface area contributed by atoms with Crippen molar-refractivity contribution in [3.63, 3.8) is 0 Å². The number of nitrogens with one attached hydrogen (secondary N) is 2. The number of nitro groups is 1. The molecule has 11 heteroatoms. The van der Waals surface area contributed by atoms with Gasteiger partial charge < -0.3 is 26.5 Å². The van der Waals surface area contributed by atoms with Crippen LogP contribution in [-0.2, 0) is 9.59 Å². The number of hydroxylamine groups is 1. The number of hydrogen-bond donors (Lipinski definition) is 6. The molecule has 0 spiro atoms. The minimum absolute atomic E-state index is 0.110. The van der Waals surface area contributed by atoms with Gasteiger partial charge in [0.25, 0.3) is 5.70 Å². The second kappa shape index (κ2) is 7.49. The summed E-state index contributed by atoms with van der Waals surface area (Å²) >= 11 is 0. The smallest absolute Gasteiger partial charge is 0.326 e. The zero-order chi connectivity index (χ0) is 16.9. The van der Waals surface area contributed by atoms with Crippen LogP contribution in [0, 0.1) is 10.1 Å². The molecule has 0 aromatic rings. The molecular weight excluding hydrogens is 300 g/mol. The fourth-order valence-electron chi connectivity index (χ4n) is 1.95. The zero-order valence-electron chi connectivity index (χ0n) is 11.3. The molecule has 2 unspecified atom stereocenters. The average Bonchev–Trinajstić information content (AvgIpc) is 2.42. The summed E-state index contributed by atoms with van der Waals surface area (Å²) in [6, 6.07) is -3.56. The van der Waals surface area contributed by atoms with Crippen molar-refractivity contribution in [1.29, 1.82) is 0 Å². The number of nitrogens with two attached hydrogens (primary N) is 1. The van der Waals surface area contributed by atoms with E-state index in [1.54, 1.807) is 5.48 Å². The van der Waals surface area contributed by atoms with E-state index in [1.807, 2.05) is 0 Å². The maximum atomic E-state index is 11.1. The molecule has 0 radical (unpaired) electrons. The number of allylic oxidation sites excluding steroid dienone is 2. The summed E-state index contributed by atoms with van der Waals surface area (Å²) in [6.45, 7) is 0. The van der Waals surface area contributed by atoms with E-state index >= 15 is 0 Å². The molecule has 0 heterocycles. The third kappa shape index (κ3) is 4.25. The molecule has 0 bridgehead atoms. The predicted octanol–water partition coefficient (Wildman–Crippen LogP) is -1.37. The molecule has 0 aromatic heterocycles. The Morgan fingerprint density at radius 2 is 2.05 bits per heavy atom. The van der Waals surface area contributed by atoms with Crippen molar-refractivity contribution in [2.75, 3.05) is 0 Å². The third-order valence-corrected chi connectivity index (χ3v) is 3.11. The summed E-state index contributed by atoms with van der Waals surface area (Å²) in [5.41, 5.74) is 7.19. The van der Waals surface area contributed by atoms with Crippen LogP contribution in [0.15, 0.2) is 23.5 Å². The molecule has 7 N–H and O–H groups in total. The van der Waals surface area contributed by atoms with Crippen molar-refractivity contribution < 1.29 is 29.9 Å². The van der Waals surface area contributed by atoms with Crippen molar-refractivity contribution in [1.82, 2.24) is 10.8 Å². The Labute approximate surface area is 124 Å². The third-order valence-electron chi connectivity index (χ3n) is 3.11. The Bertz CT molecular complexity index is 531. The van der Waals surface area contributed by atoms with Gasteiger partial charge in [-0.2, -0.15) is 5.48 Å². The van der Waals surface area contributed by atoms with E-state index in [1.165, 1.54) is 6.08 Å². The lowest BCUT2D eigenvalue weighted by Gasteiger charge is -2.28. The first-order valence-electron chi connectivity index (χ1n) is 6.20. The minimum atomic E-state index is -1.29. The van der Waals surface area contributed by atoms with Crippen molar-refractivity contribution in [3.8, 4) is 0 Å². The van der Waals surface area contributed by atoms with Gasteiger partial charge in [0, 0.05) is 18.2 Å².